The summed E-state index contributed by atoms with van der Waals surface area (Å²) in [4.78, 5) is 29.8. The fourth-order valence-corrected chi connectivity index (χ4v) is 3.91. The van der Waals surface area contributed by atoms with Crippen molar-refractivity contribution < 1.29 is 19.4 Å². The maximum Gasteiger partial charge on any atom is 0.303 e. The number of nitrogens with zero attached hydrogens (tertiary/aromatic N) is 2. The first-order valence-electron chi connectivity index (χ1n) is 8.58. The number of rotatable bonds is 8. The molecule has 1 saturated heterocycles. The Bertz CT molecular complexity index is 561. The number of piperidine rings is 1. The lowest BCUT2D eigenvalue weighted by Crippen LogP contribution is -2.44. The van der Waals surface area contributed by atoms with Gasteiger partial charge in [0.1, 0.15) is 11.1 Å². The minimum atomic E-state index is -0.804. The third kappa shape index (κ3) is 5.27. The Morgan fingerprint density at radius 3 is 3.00 bits per heavy atom. The lowest BCUT2D eigenvalue weighted by molar-refractivity contribution is -0.139. The van der Waals surface area contributed by atoms with E-state index in [2.05, 4.69) is 4.98 Å². The normalized spacial score (nSPS) is 19.2. The summed E-state index contributed by atoms with van der Waals surface area (Å²) in [5, 5.41) is 11.7. The molecule has 1 aromatic rings. The molecule has 6 nitrogen and oxygen atoms in total. The Hall–Kier alpha value is -1.47. The van der Waals surface area contributed by atoms with Gasteiger partial charge in [0, 0.05) is 31.0 Å². The predicted octanol–water partition coefficient (Wildman–Crippen LogP) is 3.03. The van der Waals surface area contributed by atoms with Crippen LogP contribution >= 0.6 is 11.3 Å². The van der Waals surface area contributed by atoms with Gasteiger partial charge < -0.3 is 14.7 Å². The summed E-state index contributed by atoms with van der Waals surface area (Å²) in [5.74, 6) is -0.756. The van der Waals surface area contributed by atoms with Gasteiger partial charge in [-0.25, -0.2) is 4.98 Å². The summed E-state index contributed by atoms with van der Waals surface area (Å²) in [5.41, 5.74) is 0.772. The Morgan fingerprint density at radius 1 is 1.50 bits per heavy atom. The first kappa shape index (κ1) is 18.9. The standard InChI is InChI=1S/C17H26N2O4S/c1-3-23-12(2)17-18-13(11-24-17)10-15(20)19-9-5-4-6-14(19)7-8-16(21)22/h11-12,14H,3-10H2,1-2H3,(H,21,22). The van der Waals surface area contributed by atoms with E-state index < -0.39 is 5.97 Å². The van der Waals surface area contributed by atoms with Gasteiger partial charge in [0.15, 0.2) is 0 Å². The molecule has 1 fully saturated rings. The number of amides is 1. The zero-order chi connectivity index (χ0) is 17.5. The van der Waals surface area contributed by atoms with Crippen molar-refractivity contribution in [1.29, 1.82) is 0 Å². The first-order valence-corrected chi connectivity index (χ1v) is 9.46. The Kier molecular flexibility index (Phi) is 7.17. The monoisotopic (exact) mass is 354 g/mol. The largest absolute Gasteiger partial charge is 0.481 e. The van der Waals surface area contributed by atoms with E-state index in [0.29, 0.717) is 13.0 Å². The molecule has 0 bridgehead atoms. The molecule has 7 heteroatoms. The van der Waals surface area contributed by atoms with Gasteiger partial charge in [0.2, 0.25) is 5.91 Å². The number of aliphatic carboxylic acids is 1. The van der Waals surface area contributed by atoms with E-state index in [1.54, 1.807) is 0 Å². The van der Waals surface area contributed by atoms with Crippen molar-refractivity contribution in [2.24, 2.45) is 0 Å². The van der Waals surface area contributed by atoms with Crippen LogP contribution in [0.2, 0.25) is 0 Å². The molecule has 1 aromatic heterocycles. The number of carboxylic acid groups (broad SMARTS) is 1. The third-order valence-corrected chi connectivity index (χ3v) is 5.36. The minimum absolute atomic E-state index is 0.0443. The average molecular weight is 354 g/mol. The Labute approximate surface area is 146 Å². The Morgan fingerprint density at radius 2 is 2.29 bits per heavy atom. The Balaban J connectivity index is 1.95. The van der Waals surface area contributed by atoms with E-state index in [0.717, 1.165) is 36.5 Å². The van der Waals surface area contributed by atoms with Crippen molar-refractivity contribution in [3.05, 3.63) is 16.1 Å². The zero-order valence-electron chi connectivity index (χ0n) is 14.4. The lowest BCUT2D eigenvalue weighted by atomic mass is 9.97. The number of ether oxygens (including phenoxy) is 1. The van der Waals surface area contributed by atoms with Crippen molar-refractivity contribution in [2.75, 3.05) is 13.2 Å². The van der Waals surface area contributed by atoms with Crippen LogP contribution in [0.25, 0.3) is 0 Å². The number of carbonyl (C=O) groups is 2. The number of carbonyl (C=O) groups excluding carboxylic acids is 1. The van der Waals surface area contributed by atoms with Crippen LogP contribution in [0.15, 0.2) is 5.38 Å². The molecular formula is C17H26N2O4S. The second kappa shape index (κ2) is 9.13. The number of aromatic nitrogens is 1. The SMILES string of the molecule is CCOC(C)c1nc(CC(=O)N2CCCCC2CCC(=O)O)cs1. The van der Waals surface area contributed by atoms with Crippen molar-refractivity contribution >= 4 is 23.2 Å². The third-order valence-electron chi connectivity index (χ3n) is 4.31. The van der Waals surface area contributed by atoms with Crippen LogP contribution in [0.5, 0.6) is 0 Å². The van der Waals surface area contributed by atoms with Crippen LogP contribution in [0, 0.1) is 0 Å². The number of carboxylic acids is 1. The quantitative estimate of drug-likeness (QED) is 0.776. The van der Waals surface area contributed by atoms with Crippen LogP contribution in [0.1, 0.15) is 62.8 Å². The van der Waals surface area contributed by atoms with Crippen LogP contribution in [-0.2, 0) is 20.7 Å². The molecule has 24 heavy (non-hydrogen) atoms. The van der Waals surface area contributed by atoms with Crippen molar-refractivity contribution in [1.82, 2.24) is 9.88 Å². The van der Waals surface area contributed by atoms with Crippen LogP contribution < -0.4 is 0 Å². The zero-order valence-corrected chi connectivity index (χ0v) is 15.2. The smallest absolute Gasteiger partial charge is 0.303 e. The van der Waals surface area contributed by atoms with Crippen LogP contribution in [0.4, 0.5) is 0 Å². The van der Waals surface area contributed by atoms with Crippen molar-refractivity contribution in [3.8, 4) is 0 Å². The van der Waals surface area contributed by atoms with E-state index >= 15 is 0 Å². The highest BCUT2D eigenvalue weighted by Gasteiger charge is 2.27. The summed E-state index contributed by atoms with van der Waals surface area (Å²) < 4.78 is 5.53. The van der Waals surface area contributed by atoms with E-state index in [-0.39, 0.29) is 30.9 Å². The molecule has 1 amide bonds. The molecule has 0 aromatic carbocycles. The molecule has 1 aliphatic heterocycles. The van der Waals surface area contributed by atoms with Gasteiger partial charge in [0.25, 0.3) is 0 Å². The minimum Gasteiger partial charge on any atom is -0.481 e. The summed E-state index contributed by atoms with van der Waals surface area (Å²) in [6.45, 7) is 5.26. The first-order chi connectivity index (χ1) is 11.5. The molecule has 0 radical (unpaired) electrons. The second-order valence-corrected chi connectivity index (χ2v) is 7.01. The maximum absolute atomic E-state index is 12.6. The molecule has 0 saturated carbocycles. The molecule has 2 unspecified atom stereocenters. The molecule has 0 spiro atoms. The summed E-state index contributed by atoms with van der Waals surface area (Å²) >= 11 is 1.52. The fraction of sp³-hybridized carbons (Fsp3) is 0.706. The van der Waals surface area contributed by atoms with E-state index in [1.165, 1.54) is 11.3 Å². The van der Waals surface area contributed by atoms with Crippen molar-refractivity contribution in [3.63, 3.8) is 0 Å². The maximum atomic E-state index is 12.6. The van der Waals surface area contributed by atoms with Gasteiger partial charge in [-0.15, -0.1) is 11.3 Å². The number of hydrogen-bond acceptors (Lipinski definition) is 5. The average Bonchev–Trinajstić information content (AvgIpc) is 3.02. The lowest BCUT2D eigenvalue weighted by Gasteiger charge is -2.35. The van der Waals surface area contributed by atoms with Gasteiger partial charge in [-0.1, -0.05) is 0 Å². The highest BCUT2D eigenvalue weighted by Crippen LogP contribution is 2.24. The van der Waals surface area contributed by atoms with Gasteiger partial charge in [0.05, 0.1) is 12.1 Å². The van der Waals surface area contributed by atoms with E-state index in [9.17, 15) is 9.59 Å². The molecule has 2 rings (SSSR count). The summed E-state index contributed by atoms with van der Waals surface area (Å²) in [6, 6.07) is 0.0443. The van der Waals surface area contributed by atoms with Crippen LogP contribution in [0.3, 0.4) is 0 Å². The molecule has 1 N–H and O–H groups in total. The highest BCUT2D eigenvalue weighted by molar-refractivity contribution is 7.09. The molecular weight excluding hydrogens is 328 g/mol. The molecule has 2 atom stereocenters. The summed E-state index contributed by atoms with van der Waals surface area (Å²) in [7, 11) is 0. The molecule has 0 aliphatic carbocycles. The topological polar surface area (TPSA) is 79.7 Å². The number of likely N-dealkylation sites (tertiary alicyclic amines) is 1. The molecule has 2 heterocycles. The number of hydrogen-bond donors (Lipinski definition) is 1. The predicted molar refractivity (Wildman–Crippen MR) is 92.1 cm³/mol. The molecule has 1 aliphatic rings. The van der Waals surface area contributed by atoms with Gasteiger partial charge >= 0.3 is 5.97 Å². The second-order valence-electron chi connectivity index (χ2n) is 6.12. The van der Waals surface area contributed by atoms with Crippen LogP contribution in [-0.4, -0.2) is 46.1 Å². The van der Waals surface area contributed by atoms with E-state index in [1.807, 2.05) is 24.1 Å². The molecule has 134 valence electrons. The van der Waals surface area contributed by atoms with Crippen molar-refractivity contribution in [2.45, 2.75) is 64.5 Å². The van der Waals surface area contributed by atoms with Gasteiger partial charge in [-0.3, -0.25) is 9.59 Å². The highest BCUT2D eigenvalue weighted by atomic mass is 32.1. The number of thiazole rings is 1. The summed E-state index contributed by atoms with van der Waals surface area (Å²) in [6.07, 6.45) is 3.80. The van der Waals surface area contributed by atoms with Gasteiger partial charge in [-0.05, 0) is 39.5 Å². The fourth-order valence-electron chi connectivity index (χ4n) is 3.09. The van der Waals surface area contributed by atoms with Gasteiger partial charge in [-0.2, -0.15) is 0 Å². The van der Waals surface area contributed by atoms with E-state index in [4.69, 9.17) is 9.84 Å².